The summed E-state index contributed by atoms with van der Waals surface area (Å²) in [5, 5.41) is 3.09. The van der Waals surface area contributed by atoms with Crippen molar-refractivity contribution in [2.24, 2.45) is 0 Å². The van der Waals surface area contributed by atoms with Crippen LogP contribution in [0.15, 0.2) is 0 Å². The van der Waals surface area contributed by atoms with Crippen LogP contribution in [0.1, 0.15) is 13.8 Å². The summed E-state index contributed by atoms with van der Waals surface area (Å²) < 4.78 is 5.07. The van der Waals surface area contributed by atoms with Crippen molar-refractivity contribution in [3.05, 3.63) is 0 Å². The normalized spacial score (nSPS) is 14.3. The van der Waals surface area contributed by atoms with Crippen LogP contribution in [0.25, 0.3) is 0 Å². The smallest absolute Gasteiger partial charge is 0.123 e. The molecule has 0 aliphatic heterocycles. The lowest BCUT2D eigenvalue weighted by Crippen LogP contribution is -2.24. The Bertz CT molecular complexity index is 62.0. The van der Waals surface area contributed by atoms with Gasteiger partial charge in [0.25, 0.3) is 0 Å². The van der Waals surface area contributed by atoms with E-state index in [0.717, 1.165) is 0 Å². The quantitative estimate of drug-likeness (QED) is 0.514. The molecule has 56 valence electrons. The lowest BCUT2D eigenvalue weighted by Gasteiger charge is -2.08. The maximum atomic E-state index is 5.56. The average molecular weight is 170 g/mol. The highest BCUT2D eigenvalue weighted by molar-refractivity contribution is 7.79. The second-order valence-electron chi connectivity index (χ2n) is 2.05. The van der Waals surface area contributed by atoms with Crippen LogP contribution >= 0.6 is 18.7 Å². The monoisotopic (exact) mass is 169 g/mol. The molecule has 1 unspecified atom stereocenters. The third kappa shape index (κ3) is 8.64. The van der Waals surface area contributed by atoms with Crippen molar-refractivity contribution in [1.82, 2.24) is 5.32 Å². The molecule has 0 saturated heterocycles. The van der Waals surface area contributed by atoms with Crippen LogP contribution in [-0.2, 0) is 4.52 Å². The van der Waals surface area contributed by atoms with Crippen molar-refractivity contribution in [2.45, 2.75) is 19.9 Å². The van der Waals surface area contributed by atoms with Gasteiger partial charge >= 0.3 is 0 Å². The van der Waals surface area contributed by atoms with Crippen LogP contribution in [0.5, 0.6) is 0 Å². The van der Waals surface area contributed by atoms with E-state index >= 15 is 0 Å². The van der Waals surface area contributed by atoms with E-state index in [1.165, 1.54) is 0 Å². The maximum absolute atomic E-state index is 5.56. The molecule has 0 aliphatic carbocycles. The Hall–Kier alpha value is 0.640. The first-order valence-corrected chi connectivity index (χ1v) is 5.50. The molecule has 0 bridgehead atoms. The van der Waals surface area contributed by atoms with E-state index in [-0.39, 0.29) is 0 Å². The van der Waals surface area contributed by atoms with Gasteiger partial charge in [-0.25, -0.2) is 0 Å². The molecule has 1 atom stereocenters. The maximum Gasteiger partial charge on any atom is 0.123 e. The van der Waals surface area contributed by atoms with E-state index in [1.807, 2.05) is 6.66 Å². The van der Waals surface area contributed by atoms with Crippen molar-refractivity contribution in [2.75, 3.05) is 13.4 Å². The largest absolute Gasteiger partial charge is 0.328 e. The molecule has 9 heavy (non-hydrogen) atoms. The van der Waals surface area contributed by atoms with Gasteiger partial charge in [-0.1, -0.05) is 11.2 Å². The Morgan fingerprint density at radius 3 is 2.56 bits per heavy atom. The van der Waals surface area contributed by atoms with Gasteiger partial charge in [-0.3, -0.25) is 5.32 Å². The molecule has 1 N–H and O–H groups in total. The minimum atomic E-state index is -0.721. The molecule has 0 heterocycles. The molecule has 0 radical (unpaired) electrons. The molecule has 0 fully saturated rings. The molecule has 0 amide bonds. The molecule has 0 rings (SSSR count). The number of hydrogen-bond acceptors (Lipinski definition) is 2. The Morgan fingerprint density at radius 1 is 1.67 bits per heavy atom. The summed E-state index contributed by atoms with van der Waals surface area (Å²) in [5.74, 6) is 0. The lowest BCUT2D eigenvalue weighted by molar-refractivity contribution is 0.304. The molecular formula is C5H13ClNOP. The zero-order valence-corrected chi connectivity index (χ0v) is 7.67. The van der Waals surface area contributed by atoms with Gasteiger partial charge in [0.2, 0.25) is 0 Å². The molecular weight excluding hydrogens is 156 g/mol. The minimum Gasteiger partial charge on any atom is -0.328 e. The first-order chi connectivity index (χ1) is 4.13. The SMILES string of the molecule is CC(C)NCOP(C)Cl. The Kier molecular flexibility index (Phi) is 5.81. The molecule has 0 spiro atoms. The molecule has 4 heteroatoms. The first kappa shape index (κ1) is 9.64. The summed E-state index contributed by atoms with van der Waals surface area (Å²) >= 11 is 5.56. The highest BCUT2D eigenvalue weighted by atomic mass is 35.7. The second kappa shape index (κ2) is 5.43. The van der Waals surface area contributed by atoms with E-state index < -0.39 is 7.50 Å². The highest BCUT2D eigenvalue weighted by Crippen LogP contribution is 2.36. The predicted octanol–water partition coefficient (Wildman–Crippen LogP) is 2.14. The topological polar surface area (TPSA) is 21.3 Å². The van der Waals surface area contributed by atoms with Gasteiger partial charge in [0.05, 0.1) is 0 Å². The molecule has 0 aliphatic rings. The third-order valence-corrected chi connectivity index (χ3v) is 1.51. The van der Waals surface area contributed by atoms with Crippen LogP contribution in [0.4, 0.5) is 0 Å². The van der Waals surface area contributed by atoms with E-state index in [4.69, 9.17) is 15.8 Å². The summed E-state index contributed by atoms with van der Waals surface area (Å²) in [6.45, 7) is 6.55. The number of nitrogens with one attached hydrogen (secondary N) is 1. The number of halogens is 1. The Morgan fingerprint density at radius 2 is 2.22 bits per heavy atom. The molecule has 0 aromatic rings. The first-order valence-electron chi connectivity index (χ1n) is 2.88. The van der Waals surface area contributed by atoms with Gasteiger partial charge in [-0.15, -0.1) is 0 Å². The molecule has 0 saturated carbocycles. The van der Waals surface area contributed by atoms with Crippen molar-refractivity contribution < 1.29 is 4.52 Å². The van der Waals surface area contributed by atoms with E-state index in [0.29, 0.717) is 12.8 Å². The van der Waals surface area contributed by atoms with Crippen LogP contribution in [-0.4, -0.2) is 19.4 Å². The van der Waals surface area contributed by atoms with Gasteiger partial charge in [0.15, 0.2) is 0 Å². The summed E-state index contributed by atoms with van der Waals surface area (Å²) in [6, 6.07) is 0.469. The summed E-state index contributed by atoms with van der Waals surface area (Å²) in [7, 11) is -0.721. The molecule has 0 aromatic carbocycles. The van der Waals surface area contributed by atoms with Gasteiger partial charge in [0, 0.05) is 6.04 Å². The second-order valence-corrected chi connectivity index (χ2v) is 4.58. The van der Waals surface area contributed by atoms with Crippen molar-refractivity contribution in [3.8, 4) is 0 Å². The standard InChI is InChI=1S/C5H13ClNOP/c1-5(2)7-4-8-9(3)6/h5,7H,4H2,1-3H3. The number of hydrogen-bond donors (Lipinski definition) is 1. The zero-order chi connectivity index (χ0) is 7.28. The van der Waals surface area contributed by atoms with Crippen LogP contribution in [0.3, 0.4) is 0 Å². The summed E-state index contributed by atoms with van der Waals surface area (Å²) in [4.78, 5) is 0. The van der Waals surface area contributed by atoms with Gasteiger partial charge in [0.1, 0.15) is 14.2 Å². The van der Waals surface area contributed by atoms with Crippen LogP contribution in [0, 0.1) is 0 Å². The predicted molar refractivity (Wildman–Crippen MR) is 42.9 cm³/mol. The van der Waals surface area contributed by atoms with Gasteiger partial charge < -0.3 is 4.52 Å². The minimum absolute atomic E-state index is 0.469. The highest BCUT2D eigenvalue weighted by Gasteiger charge is 1.95. The molecule has 2 nitrogen and oxygen atoms in total. The van der Waals surface area contributed by atoms with E-state index in [1.54, 1.807) is 0 Å². The summed E-state index contributed by atoms with van der Waals surface area (Å²) in [5.41, 5.74) is 0. The average Bonchev–Trinajstić information content (AvgIpc) is 1.63. The van der Waals surface area contributed by atoms with Crippen LogP contribution < -0.4 is 5.32 Å². The van der Waals surface area contributed by atoms with Gasteiger partial charge in [-0.2, -0.15) is 0 Å². The van der Waals surface area contributed by atoms with Crippen molar-refractivity contribution in [1.29, 1.82) is 0 Å². The summed E-state index contributed by atoms with van der Waals surface area (Å²) in [6.07, 6.45) is 0. The fourth-order valence-electron chi connectivity index (χ4n) is 0.293. The van der Waals surface area contributed by atoms with Gasteiger partial charge in [-0.05, 0) is 20.5 Å². The lowest BCUT2D eigenvalue weighted by atomic mass is 10.4. The fourth-order valence-corrected chi connectivity index (χ4v) is 0.692. The van der Waals surface area contributed by atoms with E-state index in [9.17, 15) is 0 Å². The zero-order valence-electron chi connectivity index (χ0n) is 6.02. The fraction of sp³-hybridized carbons (Fsp3) is 1.00. The van der Waals surface area contributed by atoms with E-state index in [2.05, 4.69) is 19.2 Å². The van der Waals surface area contributed by atoms with Crippen molar-refractivity contribution in [3.63, 3.8) is 0 Å². The van der Waals surface area contributed by atoms with Crippen molar-refractivity contribution >= 4 is 18.7 Å². The third-order valence-electron chi connectivity index (χ3n) is 0.734. The Balaban J connectivity index is 2.91. The van der Waals surface area contributed by atoms with Crippen LogP contribution in [0.2, 0.25) is 0 Å². The Labute approximate surface area is 62.5 Å². The molecule has 0 aromatic heterocycles. The number of rotatable bonds is 4.